The van der Waals surface area contributed by atoms with E-state index in [0.29, 0.717) is 34.7 Å². The molecule has 4 fully saturated rings. The SMILES string of the molecule is COc1ccc(N2C[C@@H](C(=O)Oc3ccc(N4C(=O)[C@@H]5[C@H]6CC[C@@H](C6)[C@@H]5C4=O)cc3)CC2=O)cc1. The normalized spacial score (nSPS) is 29.2. The van der Waals surface area contributed by atoms with Gasteiger partial charge in [-0.1, -0.05) is 0 Å². The third-order valence-electron chi connectivity index (χ3n) is 8.08. The Balaban J connectivity index is 1.11. The number of carbonyl (C=O) groups is 4. The number of amides is 3. The Morgan fingerprint density at radius 2 is 1.40 bits per heavy atom. The van der Waals surface area contributed by atoms with E-state index in [0.717, 1.165) is 19.3 Å². The number of nitrogens with zero attached hydrogens (tertiary/aromatic N) is 2. The number of esters is 1. The molecule has 8 heteroatoms. The van der Waals surface area contributed by atoms with Gasteiger partial charge in [-0.05, 0) is 79.6 Å². The third-order valence-corrected chi connectivity index (χ3v) is 8.08. The van der Waals surface area contributed by atoms with Crippen LogP contribution in [-0.4, -0.2) is 37.3 Å². The Bertz CT molecular complexity index is 1180. The summed E-state index contributed by atoms with van der Waals surface area (Å²) in [5.41, 5.74) is 1.21. The first-order valence-corrected chi connectivity index (χ1v) is 12.1. The van der Waals surface area contributed by atoms with Gasteiger partial charge in [0, 0.05) is 18.7 Å². The van der Waals surface area contributed by atoms with Crippen LogP contribution in [0.5, 0.6) is 11.5 Å². The van der Waals surface area contributed by atoms with Crippen LogP contribution in [0.25, 0.3) is 0 Å². The van der Waals surface area contributed by atoms with Gasteiger partial charge < -0.3 is 14.4 Å². The van der Waals surface area contributed by atoms with Crippen LogP contribution in [0.1, 0.15) is 25.7 Å². The molecule has 4 aliphatic rings. The number of hydrogen-bond acceptors (Lipinski definition) is 6. The lowest BCUT2D eigenvalue weighted by Crippen LogP contribution is -2.32. The van der Waals surface area contributed by atoms with Crippen molar-refractivity contribution in [2.75, 3.05) is 23.5 Å². The molecule has 0 aromatic heterocycles. The van der Waals surface area contributed by atoms with E-state index in [9.17, 15) is 19.2 Å². The molecule has 0 N–H and O–H groups in total. The number of carbonyl (C=O) groups excluding carboxylic acids is 4. The minimum absolute atomic E-state index is 0.0742. The second kappa shape index (κ2) is 8.22. The van der Waals surface area contributed by atoms with Gasteiger partial charge in [0.05, 0.1) is 30.6 Å². The molecule has 2 aliphatic heterocycles. The molecule has 2 aromatic carbocycles. The fourth-order valence-corrected chi connectivity index (χ4v) is 6.40. The fraction of sp³-hybridized carbons (Fsp3) is 0.407. The van der Waals surface area contributed by atoms with Crippen molar-refractivity contribution in [2.45, 2.75) is 25.7 Å². The van der Waals surface area contributed by atoms with Gasteiger partial charge in [0.1, 0.15) is 11.5 Å². The lowest BCUT2D eigenvalue weighted by atomic mass is 9.81. The number of anilines is 2. The first-order valence-electron chi connectivity index (χ1n) is 12.1. The van der Waals surface area contributed by atoms with Gasteiger partial charge in [-0.3, -0.25) is 24.1 Å². The number of methoxy groups -OCH3 is 1. The van der Waals surface area contributed by atoms with E-state index in [4.69, 9.17) is 9.47 Å². The highest BCUT2D eigenvalue weighted by atomic mass is 16.5. The Hall–Kier alpha value is -3.68. The molecule has 0 spiro atoms. The van der Waals surface area contributed by atoms with Crippen LogP contribution in [0, 0.1) is 29.6 Å². The van der Waals surface area contributed by atoms with Crippen molar-refractivity contribution < 1.29 is 28.7 Å². The van der Waals surface area contributed by atoms with Crippen LogP contribution in [-0.2, 0) is 19.2 Å². The summed E-state index contributed by atoms with van der Waals surface area (Å²) in [7, 11) is 1.57. The number of ether oxygens (including phenoxy) is 2. The second-order valence-corrected chi connectivity index (χ2v) is 9.92. The van der Waals surface area contributed by atoms with E-state index in [-0.39, 0.29) is 42.5 Å². The number of imide groups is 1. The topological polar surface area (TPSA) is 93.2 Å². The van der Waals surface area contributed by atoms with Crippen LogP contribution >= 0.6 is 0 Å². The van der Waals surface area contributed by atoms with Gasteiger partial charge in [0.2, 0.25) is 17.7 Å². The molecule has 3 amide bonds. The zero-order valence-electron chi connectivity index (χ0n) is 19.4. The van der Waals surface area contributed by atoms with Crippen molar-refractivity contribution >= 4 is 35.1 Å². The number of fused-ring (bicyclic) bond motifs is 5. The summed E-state index contributed by atoms with van der Waals surface area (Å²) in [5.74, 6) is -0.0853. The number of rotatable bonds is 5. The number of benzene rings is 2. The van der Waals surface area contributed by atoms with Crippen LogP contribution < -0.4 is 19.3 Å². The second-order valence-electron chi connectivity index (χ2n) is 9.92. The van der Waals surface area contributed by atoms with E-state index in [1.165, 1.54) is 4.90 Å². The minimum atomic E-state index is -0.583. The van der Waals surface area contributed by atoms with Gasteiger partial charge in [-0.15, -0.1) is 0 Å². The van der Waals surface area contributed by atoms with Crippen LogP contribution in [0.4, 0.5) is 11.4 Å². The lowest BCUT2D eigenvalue weighted by Gasteiger charge is -2.19. The smallest absolute Gasteiger partial charge is 0.316 e. The molecule has 35 heavy (non-hydrogen) atoms. The molecular weight excluding hydrogens is 448 g/mol. The molecule has 2 aliphatic carbocycles. The maximum Gasteiger partial charge on any atom is 0.316 e. The van der Waals surface area contributed by atoms with Crippen molar-refractivity contribution in [1.82, 2.24) is 0 Å². The van der Waals surface area contributed by atoms with E-state index in [2.05, 4.69) is 0 Å². The molecule has 2 bridgehead atoms. The van der Waals surface area contributed by atoms with Crippen molar-refractivity contribution in [2.24, 2.45) is 29.6 Å². The highest BCUT2D eigenvalue weighted by Gasteiger charge is 2.61. The van der Waals surface area contributed by atoms with Gasteiger partial charge >= 0.3 is 5.97 Å². The maximum atomic E-state index is 13.0. The molecule has 8 nitrogen and oxygen atoms in total. The van der Waals surface area contributed by atoms with Crippen LogP contribution in [0.15, 0.2) is 48.5 Å². The predicted molar refractivity (Wildman–Crippen MR) is 126 cm³/mol. The molecule has 2 aromatic rings. The van der Waals surface area contributed by atoms with Gasteiger partial charge in [-0.2, -0.15) is 0 Å². The third kappa shape index (κ3) is 3.50. The van der Waals surface area contributed by atoms with Crippen molar-refractivity contribution in [1.29, 1.82) is 0 Å². The average Bonchev–Trinajstić information content (AvgIpc) is 3.63. The minimum Gasteiger partial charge on any atom is -0.497 e. The summed E-state index contributed by atoms with van der Waals surface area (Å²) in [5, 5.41) is 0. The van der Waals surface area contributed by atoms with Gasteiger partial charge in [-0.25, -0.2) is 0 Å². The summed E-state index contributed by atoms with van der Waals surface area (Å²) in [6, 6.07) is 13.6. The van der Waals surface area contributed by atoms with E-state index >= 15 is 0 Å². The lowest BCUT2D eigenvalue weighted by molar-refractivity contribution is -0.139. The highest BCUT2D eigenvalue weighted by molar-refractivity contribution is 6.22. The summed E-state index contributed by atoms with van der Waals surface area (Å²) >= 11 is 0. The maximum absolute atomic E-state index is 13.0. The molecular formula is C27H26N2O6. The monoisotopic (exact) mass is 474 g/mol. The standard InChI is InChI=1S/C27H26N2O6/c1-34-20-8-4-18(5-9-20)28-14-17(13-22(28)30)27(33)35-21-10-6-19(7-11-21)29-25(31)23-15-2-3-16(12-15)24(23)26(29)32/h4-11,15-17,23-24H,2-3,12-14H2,1H3/t15-,16-,17-,23-,24+/m0/s1. The van der Waals surface area contributed by atoms with Crippen LogP contribution in [0.2, 0.25) is 0 Å². The van der Waals surface area contributed by atoms with Crippen LogP contribution in [0.3, 0.4) is 0 Å². The van der Waals surface area contributed by atoms with E-state index in [1.807, 2.05) is 0 Å². The number of hydrogen-bond donors (Lipinski definition) is 0. The molecule has 5 atom stereocenters. The quantitative estimate of drug-likeness (QED) is 0.375. The zero-order chi connectivity index (χ0) is 24.3. The highest BCUT2D eigenvalue weighted by Crippen LogP contribution is 2.56. The predicted octanol–water partition coefficient (Wildman–Crippen LogP) is 3.19. The Labute approximate surface area is 202 Å². The fourth-order valence-electron chi connectivity index (χ4n) is 6.40. The van der Waals surface area contributed by atoms with E-state index in [1.54, 1.807) is 60.5 Å². The summed E-state index contributed by atoms with van der Waals surface area (Å²) in [6.45, 7) is 0.240. The average molecular weight is 475 g/mol. The molecule has 0 radical (unpaired) electrons. The Morgan fingerprint density at radius 3 is 2.00 bits per heavy atom. The van der Waals surface area contributed by atoms with Crippen molar-refractivity contribution in [3.05, 3.63) is 48.5 Å². The Morgan fingerprint density at radius 1 is 0.829 bits per heavy atom. The molecule has 2 heterocycles. The summed E-state index contributed by atoms with van der Waals surface area (Å²) in [6.07, 6.45) is 3.14. The first-order chi connectivity index (χ1) is 16.9. The zero-order valence-corrected chi connectivity index (χ0v) is 19.4. The van der Waals surface area contributed by atoms with Crippen molar-refractivity contribution in [3.63, 3.8) is 0 Å². The van der Waals surface area contributed by atoms with E-state index < -0.39 is 11.9 Å². The van der Waals surface area contributed by atoms with Gasteiger partial charge in [0.25, 0.3) is 0 Å². The van der Waals surface area contributed by atoms with Gasteiger partial charge in [0.15, 0.2) is 0 Å². The Kier molecular flexibility index (Phi) is 5.12. The largest absolute Gasteiger partial charge is 0.497 e. The first kappa shape index (κ1) is 21.8. The molecule has 2 saturated carbocycles. The molecule has 6 rings (SSSR count). The molecule has 2 saturated heterocycles. The van der Waals surface area contributed by atoms with Crippen molar-refractivity contribution in [3.8, 4) is 11.5 Å². The summed E-state index contributed by atoms with van der Waals surface area (Å²) in [4.78, 5) is 54.2. The molecule has 180 valence electrons. The summed E-state index contributed by atoms with van der Waals surface area (Å²) < 4.78 is 10.7. The molecule has 0 unspecified atom stereocenters.